The Kier molecular flexibility index (Phi) is 3.87. The molecule has 7 nitrogen and oxygen atoms in total. The molecule has 144 valence electrons. The molecular weight excluding hydrogens is 354 g/mol. The minimum absolute atomic E-state index is 0.115. The molecule has 3 aliphatic heterocycles. The maximum absolute atomic E-state index is 13.7. The first-order chi connectivity index (χ1) is 13.6. The monoisotopic (exact) mass is 377 g/mol. The summed E-state index contributed by atoms with van der Waals surface area (Å²) < 4.78 is 0. The van der Waals surface area contributed by atoms with Gasteiger partial charge >= 0.3 is 6.03 Å². The van der Waals surface area contributed by atoms with E-state index in [1.165, 1.54) is 0 Å². The Morgan fingerprint density at radius 3 is 2.75 bits per heavy atom. The molecule has 0 aliphatic carbocycles. The number of carbonyl (C=O) groups excluding carboxylic acids is 2. The average Bonchev–Trinajstić information content (AvgIpc) is 3.25. The van der Waals surface area contributed by atoms with Gasteiger partial charge in [0.15, 0.2) is 5.82 Å². The van der Waals surface area contributed by atoms with Gasteiger partial charge in [-0.1, -0.05) is 12.1 Å². The van der Waals surface area contributed by atoms with Crippen LogP contribution < -0.4 is 10.2 Å². The molecule has 5 rings (SSSR count). The first kappa shape index (κ1) is 17.2. The van der Waals surface area contributed by atoms with Crippen molar-refractivity contribution in [2.24, 2.45) is 5.41 Å². The average molecular weight is 377 g/mol. The van der Waals surface area contributed by atoms with E-state index in [0.717, 1.165) is 39.0 Å². The summed E-state index contributed by atoms with van der Waals surface area (Å²) in [6.07, 6.45) is 3.77. The molecular formula is C21H23N5O2. The summed E-state index contributed by atoms with van der Waals surface area (Å²) >= 11 is 0. The first-order valence-electron chi connectivity index (χ1n) is 9.69. The number of pyridine rings is 1. The molecule has 2 saturated heterocycles. The number of hydrogen-bond acceptors (Lipinski definition) is 4. The predicted octanol–water partition coefficient (Wildman–Crippen LogP) is 2.93. The number of fused-ring (bicyclic) bond motifs is 2. The van der Waals surface area contributed by atoms with Crippen LogP contribution in [-0.4, -0.2) is 59.9 Å². The number of benzene rings is 1. The molecule has 3 aliphatic rings. The van der Waals surface area contributed by atoms with E-state index in [0.29, 0.717) is 22.8 Å². The number of rotatable bonds is 0. The van der Waals surface area contributed by atoms with Gasteiger partial charge in [0.05, 0.1) is 16.9 Å². The zero-order valence-corrected chi connectivity index (χ0v) is 15.9. The van der Waals surface area contributed by atoms with Gasteiger partial charge in [0.1, 0.15) is 0 Å². The largest absolute Gasteiger partial charge is 0.330 e. The zero-order valence-electron chi connectivity index (χ0n) is 15.9. The summed E-state index contributed by atoms with van der Waals surface area (Å²) in [4.78, 5) is 36.6. The molecule has 2 aromatic rings. The highest BCUT2D eigenvalue weighted by atomic mass is 16.2. The lowest BCUT2D eigenvalue weighted by atomic mass is 9.86. The quantitative estimate of drug-likeness (QED) is 0.766. The Bertz CT molecular complexity index is 961. The number of amides is 3. The topological polar surface area (TPSA) is 68.8 Å². The number of para-hydroxylation sites is 2. The summed E-state index contributed by atoms with van der Waals surface area (Å²) in [5.74, 6) is 0.139. The molecule has 1 spiro atoms. The molecule has 0 unspecified atom stereocenters. The third kappa shape index (κ3) is 2.65. The van der Waals surface area contributed by atoms with Crippen molar-refractivity contribution in [1.82, 2.24) is 14.8 Å². The van der Waals surface area contributed by atoms with Crippen LogP contribution in [0.2, 0.25) is 0 Å². The Morgan fingerprint density at radius 1 is 1.11 bits per heavy atom. The fourth-order valence-corrected chi connectivity index (χ4v) is 4.76. The lowest BCUT2D eigenvalue weighted by Gasteiger charge is -2.29. The van der Waals surface area contributed by atoms with Crippen molar-refractivity contribution < 1.29 is 9.59 Å². The van der Waals surface area contributed by atoms with E-state index >= 15 is 0 Å². The summed E-state index contributed by atoms with van der Waals surface area (Å²) in [5, 5.41) is 2.91. The third-order valence-electron chi connectivity index (χ3n) is 6.17. The van der Waals surface area contributed by atoms with Gasteiger partial charge in [-0.15, -0.1) is 0 Å². The number of nitrogens with zero attached hydrogens (tertiary/aromatic N) is 4. The van der Waals surface area contributed by atoms with E-state index in [-0.39, 0.29) is 17.4 Å². The van der Waals surface area contributed by atoms with Gasteiger partial charge in [-0.2, -0.15) is 0 Å². The molecule has 7 heteroatoms. The minimum Gasteiger partial charge on any atom is -0.323 e. The molecule has 0 saturated carbocycles. The third-order valence-corrected chi connectivity index (χ3v) is 6.17. The van der Waals surface area contributed by atoms with Crippen molar-refractivity contribution in [3.05, 3.63) is 48.2 Å². The molecule has 1 aromatic carbocycles. The summed E-state index contributed by atoms with van der Waals surface area (Å²) in [6.45, 7) is 3.59. The fraction of sp³-hybridized carbons (Fsp3) is 0.381. The van der Waals surface area contributed by atoms with E-state index < -0.39 is 0 Å². The van der Waals surface area contributed by atoms with Gasteiger partial charge in [-0.25, -0.2) is 14.7 Å². The highest BCUT2D eigenvalue weighted by molar-refractivity contribution is 6.16. The molecule has 4 heterocycles. The van der Waals surface area contributed by atoms with E-state index in [9.17, 15) is 9.59 Å². The number of nitrogens with one attached hydrogen (secondary N) is 1. The number of hydrogen-bond donors (Lipinski definition) is 1. The molecule has 0 radical (unpaired) electrons. The molecule has 28 heavy (non-hydrogen) atoms. The maximum atomic E-state index is 13.7. The Morgan fingerprint density at radius 2 is 1.93 bits per heavy atom. The summed E-state index contributed by atoms with van der Waals surface area (Å²) in [7, 11) is 2.14. The van der Waals surface area contributed by atoms with Gasteiger partial charge in [0, 0.05) is 31.2 Å². The van der Waals surface area contributed by atoms with Crippen LogP contribution in [0, 0.1) is 5.41 Å². The van der Waals surface area contributed by atoms with Gasteiger partial charge in [-0.05, 0) is 50.7 Å². The van der Waals surface area contributed by atoms with Crippen molar-refractivity contribution in [3.8, 4) is 0 Å². The smallest absolute Gasteiger partial charge is 0.323 e. The highest BCUT2D eigenvalue weighted by Crippen LogP contribution is 2.42. The lowest BCUT2D eigenvalue weighted by Crippen LogP contribution is -2.41. The second-order valence-electron chi connectivity index (χ2n) is 8.12. The van der Waals surface area contributed by atoms with Crippen LogP contribution in [0.1, 0.15) is 23.2 Å². The first-order valence-corrected chi connectivity index (χ1v) is 9.69. The van der Waals surface area contributed by atoms with Crippen LogP contribution in [0.25, 0.3) is 0 Å². The predicted molar refractivity (Wildman–Crippen MR) is 107 cm³/mol. The lowest BCUT2D eigenvalue weighted by molar-refractivity contribution is 0.102. The zero-order chi connectivity index (χ0) is 19.3. The number of carbonyl (C=O) groups is 2. The van der Waals surface area contributed by atoms with Crippen LogP contribution in [0.15, 0.2) is 42.6 Å². The van der Waals surface area contributed by atoms with Crippen LogP contribution in [0.4, 0.5) is 22.0 Å². The normalized spacial score (nSPS) is 24.1. The van der Waals surface area contributed by atoms with Crippen molar-refractivity contribution in [3.63, 3.8) is 0 Å². The van der Waals surface area contributed by atoms with Gasteiger partial charge < -0.3 is 15.1 Å². The number of likely N-dealkylation sites (tertiary alicyclic amines) is 2. The number of anilines is 3. The summed E-state index contributed by atoms with van der Waals surface area (Å²) in [5.41, 5.74) is 1.87. The van der Waals surface area contributed by atoms with Crippen LogP contribution in [-0.2, 0) is 0 Å². The molecule has 3 amide bonds. The summed E-state index contributed by atoms with van der Waals surface area (Å²) in [6, 6.07) is 10.7. The number of aromatic nitrogens is 1. The van der Waals surface area contributed by atoms with E-state index in [1.807, 2.05) is 29.2 Å². The van der Waals surface area contributed by atoms with Crippen molar-refractivity contribution in [2.45, 2.75) is 12.8 Å². The number of urea groups is 1. The Balaban J connectivity index is 1.55. The maximum Gasteiger partial charge on any atom is 0.330 e. The Labute approximate surface area is 163 Å². The fourth-order valence-electron chi connectivity index (χ4n) is 4.76. The minimum atomic E-state index is -0.249. The second kappa shape index (κ2) is 6.31. The van der Waals surface area contributed by atoms with Gasteiger partial charge in [0.25, 0.3) is 5.91 Å². The Hall–Kier alpha value is -2.93. The second-order valence-corrected chi connectivity index (χ2v) is 8.12. The van der Waals surface area contributed by atoms with Crippen molar-refractivity contribution in [1.29, 1.82) is 0 Å². The van der Waals surface area contributed by atoms with Crippen molar-refractivity contribution >= 4 is 29.1 Å². The van der Waals surface area contributed by atoms with Crippen LogP contribution >= 0.6 is 0 Å². The highest BCUT2D eigenvalue weighted by Gasteiger charge is 2.45. The van der Waals surface area contributed by atoms with Crippen molar-refractivity contribution in [2.75, 3.05) is 43.4 Å². The van der Waals surface area contributed by atoms with Gasteiger partial charge in [-0.3, -0.25) is 4.79 Å². The standard InChI is InChI=1S/C21H23N5O2/c1-24-11-8-21(13-24)9-12-25(14-21)20(28)26-17-7-3-2-6-16(17)23-19(27)15-5-4-10-22-18(15)26/h2-7,10H,8-9,11-14H2,1H3,(H,23,27)/t21-/m0/s1. The van der Waals surface area contributed by atoms with E-state index in [2.05, 4.69) is 22.2 Å². The molecule has 1 N–H and O–H groups in total. The van der Waals surface area contributed by atoms with Crippen LogP contribution in [0.3, 0.4) is 0 Å². The van der Waals surface area contributed by atoms with E-state index in [1.54, 1.807) is 23.2 Å². The SMILES string of the molecule is CN1CC[C@]2(CCN(C(=O)N3c4ccccc4NC(=O)c4cccnc43)C2)C1. The molecule has 1 atom stereocenters. The molecule has 1 aromatic heterocycles. The van der Waals surface area contributed by atoms with Crippen LogP contribution in [0.5, 0.6) is 0 Å². The van der Waals surface area contributed by atoms with E-state index in [4.69, 9.17) is 0 Å². The van der Waals surface area contributed by atoms with Gasteiger partial charge in [0.2, 0.25) is 0 Å². The molecule has 2 fully saturated rings. The molecule has 0 bridgehead atoms.